The quantitative estimate of drug-likeness (QED) is 0.860. The van der Waals surface area contributed by atoms with E-state index in [1.165, 1.54) is 0 Å². The van der Waals surface area contributed by atoms with Crippen LogP contribution in [0.5, 0.6) is 0 Å². The lowest BCUT2D eigenvalue weighted by Gasteiger charge is -2.39. The first kappa shape index (κ1) is 16.9. The summed E-state index contributed by atoms with van der Waals surface area (Å²) in [6, 6.07) is 8.81. The molecule has 5 heteroatoms. The maximum Gasteiger partial charge on any atom is 0.256 e. The Bertz CT molecular complexity index is 554. The topological polar surface area (TPSA) is 40.6 Å². The van der Waals surface area contributed by atoms with Crippen molar-refractivity contribution in [2.45, 2.75) is 33.0 Å². The molecule has 2 rings (SSSR count). The second-order valence-electron chi connectivity index (χ2n) is 6.74. The highest BCUT2D eigenvalue weighted by atomic mass is 32.2. The van der Waals surface area contributed by atoms with Gasteiger partial charge in [-0.25, -0.2) is 0 Å². The Morgan fingerprint density at radius 2 is 1.82 bits per heavy atom. The smallest absolute Gasteiger partial charge is 0.256 e. The standard InChI is InChI=1S/C17H24N2O2S/c1-17(2,3)16-18(4)15(21)13(11-22-5)19(16)14(20)12-9-7-6-8-10-12/h6-10,13,16H,11H2,1-5H3. The second-order valence-corrected chi connectivity index (χ2v) is 7.65. The first-order valence-electron chi connectivity index (χ1n) is 7.42. The van der Waals surface area contributed by atoms with Crippen molar-refractivity contribution in [3.05, 3.63) is 35.9 Å². The van der Waals surface area contributed by atoms with Gasteiger partial charge in [-0.05, 0) is 18.4 Å². The number of nitrogens with zero attached hydrogens (tertiary/aromatic N) is 2. The summed E-state index contributed by atoms with van der Waals surface area (Å²) in [5, 5.41) is 0. The van der Waals surface area contributed by atoms with Crippen molar-refractivity contribution in [3.8, 4) is 0 Å². The van der Waals surface area contributed by atoms with Gasteiger partial charge in [0.1, 0.15) is 12.2 Å². The van der Waals surface area contributed by atoms with E-state index in [0.29, 0.717) is 11.3 Å². The maximum absolute atomic E-state index is 13.0. The Hall–Kier alpha value is -1.49. The minimum Gasteiger partial charge on any atom is -0.323 e. The van der Waals surface area contributed by atoms with E-state index in [-0.39, 0.29) is 23.4 Å². The number of thioether (sulfide) groups is 1. The Morgan fingerprint density at radius 3 is 2.32 bits per heavy atom. The van der Waals surface area contributed by atoms with Crippen LogP contribution in [-0.4, -0.2) is 52.9 Å². The highest BCUT2D eigenvalue weighted by Gasteiger charge is 2.50. The lowest BCUT2D eigenvalue weighted by atomic mass is 9.90. The fourth-order valence-corrected chi connectivity index (χ4v) is 3.74. The van der Waals surface area contributed by atoms with Crippen molar-refractivity contribution in [1.29, 1.82) is 0 Å². The Kier molecular flexibility index (Phi) is 4.85. The van der Waals surface area contributed by atoms with Crippen molar-refractivity contribution in [2.24, 2.45) is 5.41 Å². The second kappa shape index (κ2) is 6.32. The van der Waals surface area contributed by atoms with Crippen molar-refractivity contribution in [1.82, 2.24) is 9.80 Å². The fraction of sp³-hybridized carbons (Fsp3) is 0.529. The molecule has 1 fully saturated rings. The third kappa shape index (κ3) is 3.00. The molecule has 0 bridgehead atoms. The maximum atomic E-state index is 13.0. The van der Waals surface area contributed by atoms with Crippen LogP contribution in [0.4, 0.5) is 0 Å². The average molecular weight is 320 g/mol. The van der Waals surface area contributed by atoms with E-state index in [0.717, 1.165) is 0 Å². The number of amides is 2. The molecule has 2 amide bonds. The van der Waals surface area contributed by atoms with Gasteiger partial charge >= 0.3 is 0 Å². The van der Waals surface area contributed by atoms with Gasteiger partial charge < -0.3 is 9.80 Å². The van der Waals surface area contributed by atoms with E-state index in [4.69, 9.17) is 0 Å². The van der Waals surface area contributed by atoms with E-state index < -0.39 is 6.04 Å². The predicted octanol–water partition coefficient (Wildman–Crippen LogP) is 2.70. The van der Waals surface area contributed by atoms with E-state index in [2.05, 4.69) is 20.8 Å². The van der Waals surface area contributed by atoms with Gasteiger partial charge in [0.2, 0.25) is 5.91 Å². The zero-order valence-corrected chi connectivity index (χ0v) is 14.7. The predicted molar refractivity (Wildman–Crippen MR) is 90.8 cm³/mol. The minimum atomic E-state index is -0.392. The third-order valence-corrected chi connectivity index (χ3v) is 4.60. The van der Waals surface area contributed by atoms with Crippen LogP contribution in [0.2, 0.25) is 0 Å². The summed E-state index contributed by atoms with van der Waals surface area (Å²) in [7, 11) is 1.80. The number of hydrogen-bond acceptors (Lipinski definition) is 3. The average Bonchev–Trinajstić information content (AvgIpc) is 2.72. The van der Waals surface area contributed by atoms with E-state index >= 15 is 0 Å². The highest BCUT2D eigenvalue weighted by Crippen LogP contribution is 2.35. The fourth-order valence-electron chi connectivity index (χ4n) is 3.12. The molecule has 2 atom stereocenters. The minimum absolute atomic E-state index is 0.0264. The van der Waals surface area contributed by atoms with Crippen LogP contribution < -0.4 is 0 Å². The van der Waals surface area contributed by atoms with Crippen LogP contribution in [0.25, 0.3) is 0 Å². The zero-order valence-electron chi connectivity index (χ0n) is 13.9. The molecule has 0 saturated carbocycles. The summed E-state index contributed by atoms with van der Waals surface area (Å²) in [5.41, 5.74) is 0.424. The van der Waals surface area contributed by atoms with Crippen molar-refractivity contribution in [2.75, 3.05) is 19.1 Å². The molecular formula is C17H24N2O2S. The summed E-state index contributed by atoms with van der Waals surface area (Å²) in [5.74, 6) is 0.574. The molecule has 2 unspecified atom stereocenters. The zero-order chi connectivity index (χ0) is 16.5. The van der Waals surface area contributed by atoms with Crippen LogP contribution in [0, 0.1) is 5.41 Å². The molecule has 0 aromatic heterocycles. The van der Waals surface area contributed by atoms with E-state index in [1.54, 1.807) is 40.7 Å². The lowest BCUT2D eigenvalue weighted by molar-refractivity contribution is -0.129. The van der Waals surface area contributed by atoms with Gasteiger partial charge in [-0.1, -0.05) is 39.0 Å². The molecule has 120 valence electrons. The molecule has 1 aromatic rings. The molecular weight excluding hydrogens is 296 g/mol. The van der Waals surface area contributed by atoms with Gasteiger partial charge in [0.15, 0.2) is 0 Å². The number of benzene rings is 1. The van der Waals surface area contributed by atoms with Crippen molar-refractivity contribution >= 4 is 23.6 Å². The summed E-state index contributed by atoms with van der Waals surface area (Å²) in [4.78, 5) is 29.1. The largest absolute Gasteiger partial charge is 0.323 e. The molecule has 0 N–H and O–H groups in total. The van der Waals surface area contributed by atoms with Crippen LogP contribution in [0.15, 0.2) is 30.3 Å². The molecule has 4 nitrogen and oxygen atoms in total. The van der Waals surface area contributed by atoms with Gasteiger partial charge in [0, 0.05) is 23.8 Å². The number of likely N-dealkylation sites (N-methyl/N-ethyl adjacent to an activating group) is 1. The Morgan fingerprint density at radius 1 is 1.23 bits per heavy atom. The molecule has 1 saturated heterocycles. The third-order valence-electron chi connectivity index (χ3n) is 3.95. The van der Waals surface area contributed by atoms with Crippen LogP contribution in [0.3, 0.4) is 0 Å². The Balaban J connectivity index is 2.45. The molecule has 1 heterocycles. The van der Waals surface area contributed by atoms with Gasteiger partial charge in [-0.15, -0.1) is 0 Å². The number of carbonyl (C=O) groups excluding carboxylic acids is 2. The summed E-state index contributed by atoms with van der Waals surface area (Å²) < 4.78 is 0. The van der Waals surface area contributed by atoms with Gasteiger partial charge in [0.25, 0.3) is 5.91 Å². The Labute approximate surface area is 136 Å². The summed E-state index contributed by atoms with van der Waals surface area (Å²) >= 11 is 1.59. The SMILES string of the molecule is CSCC1C(=O)N(C)C(C(C)(C)C)N1C(=O)c1ccccc1. The first-order valence-corrected chi connectivity index (χ1v) is 8.81. The van der Waals surface area contributed by atoms with Crippen molar-refractivity contribution < 1.29 is 9.59 Å². The molecule has 1 aliphatic rings. The van der Waals surface area contributed by atoms with Gasteiger partial charge in [0.05, 0.1) is 0 Å². The van der Waals surface area contributed by atoms with Crippen LogP contribution in [-0.2, 0) is 4.79 Å². The first-order chi connectivity index (χ1) is 10.3. The molecule has 0 radical (unpaired) electrons. The number of rotatable bonds is 3. The molecule has 1 aromatic carbocycles. The monoisotopic (exact) mass is 320 g/mol. The number of hydrogen-bond donors (Lipinski definition) is 0. The van der Waals surface area contributed by atoms with Crippen LogP contribution >= 0.6 is 11.8 Å². The molecule has 0 spiro atoms. The van der Waals surface area contributed by atoms with Crippen molar-refractivity contribution in [3.63, 3.8) is 0 Å². The van der Waals surface area contributed by atoms with Gasteiger partial charge in [-0.2, -0.15) is 11.8 Å². The van der Waals surface area contributed by atoms with Gasteiger partial charge in [-0.3, -0.25) is 9.59 Å². The van der Waals surface area contributed by atoms with E-state index in [9.17, 15) is 9.59 Å². The molecule has 0 aliphatic carbocycles. The highest BCUT2D eigenvalue weighted by molar-refractivity contribution is 7.98. The lowest BCUT2D eigenvalue weighted by Crippen LogP contribution is -2.51. The van der Waals surface area contributed by atoms with E-state index in [1.807, 2.05) is 24.5 Å². The molecule has 22 heavy (non-hydrogen) atoms. The summed E-state index contributed by atoms with van der Waals surface area (Å²) in [6.07, 6.45) is 1.73. The summed E-state index contributed by atoms with van der Waals surface area (Å²) in [6.45, 7) is 6.19. The normalized spacial score (nSPS) is 22.3. The van der Waals surface area contributed by atoms with Crippen LogP contribution in [0.1, 0.15) is 31.1 Å². The molecule has 1 aliphatic heterocycles. The number of carbonyl (C=O) groups is 2.